The number of nitrogens with two attached hydrogens (primary N) is 1. The van der Waals surface area contributed by atoms with Crippen molar-refractivity contribution < 1.29 is 13.7 Å². The molecule has 1 aromatic carbocycles. The van der Waals surface area contributed by atoms with Crippen LogP contribution in [0.5, 0.6) is 0 Å². The number of nitrogens with zero attached hydrogens (tertiary/aromatic N) is 2. The maximum atomic E-state index is 13.3. The Morgan fingerprint density at radius 2 is 2.08 bits per heavy atom. The number of benzene rings is 1. The number of carbonyl (C=O) groups is 1. The summed E-state index contributed by atoms with van der Waals surface area (Å²) in [6, 6.07) is 5.47. The molecule has 0 aliphatic carbocycles. The molecular weight excluding hydrogens is 347 g/mol. The number of carbonyl (C=O) groups excluding carboxylic acids is 1. The van der Waals surface area contributed by atoms with Crippen LogP contribution in [0.4, 0.5) is 4.39 Å². The molecule has 1 aromatic heterocycles. The van der Waals surface area contributed by atoms with E-state index in [1.165, 1.54) is 12.1 Å². The van der Waals surface area contributed by atoms with E-state index < -0.39 is 11.5 Å². The highest BCUT2D eigenvalue weighted by Crippen LogP contribution is 2.27. The maximum absolute atomic E-state index is 13.3. The fourth-order valence-electron chi connectivity index (χ4n) is 2.52. The van der Waals surface area contributed by atoms with Gasteiger partial charge >= 0.3 is 0 Å². The Labute approximate surface area is 152 Å². The van der Waals surface area contributed by atoms with Gasteiger partial charge in [0.25, 0.3) is 0 Å². The molecule has 1 unspecified atom stereocenters. The zero-order valence-corrected chi connectivity index (χ0v) is 15.4. The van der Waals surface area contributed by atoms with Gasteiger partial charge in [-0.15, -0.1) is 12.4 Å². The molecule has 25 heavy (non-hydrogen) atoms. The quantitative estimate of drug-likeness (QED) is 0.780. The van der Waals surface area contributed by atoms with Gasteiger partial charge in [0, 0.05) is 12.1 Å². The van der Waals surface area contributed by atoms with E-state index in [-0.39, 0.29) is 42.4 Å². The minimum absolute atomic E-state index is 0. The molecule has 2 aromatic rings. The van der Waals surface area contributed by atoms with E-state index in [9.17, 15) is 9.18 Å². The first-order valence-corrected chi connectivity index (χ1v) is 8.06. The first kappa shape index (κ1) is 21.1. The third-order valence-electron chi connectivity index (χ3n) is 4.47. The van der Waals surface area contributed by atoms with Gasteiger partial charge in [-0.25, -0.2) is 4.39 Å². The fraction of sp³-hybridized carbons (Fsp3) is 0.471. The molecule has 0 spiro atoms. The van der Waals surface area contributed by atoms with E-state index in [1.807, 2.05) is 13.8 Å². The summed E-state index contributed by atoms with van der Waals surface area (Å²) in [5, 5.41) is 6.73. The zero-order valence-electron chi connectivity index (χ0n) is 14.6. The van der Waals surface area contributed by atoms with Crippen molar-refractivity contribution in [2.24, 2.45) is 11.1 Å². The van der Waals surface area contributed by atoms with Crippen LogP contribution in [0.1, 0.15) is 45.5 Å². The normalized spacial score (nSPS) is 12.4. The van der Waals surface area contributed by atoms with Crippen LogP contribution in [0.15, 0.2) is 28.8 Å². The molecular formula is C17H24ClFN4O2. The van der Waals surface area contributed by atoms with Gasteiger partial charge in [-0.2, -0.15) is 4.98 Å². The molecule has 138 valence electrons. The summed E-state index contributed by atoms with van der Waals surface area (Å²) in [4.78, 5) is 16.8. The average molecular weight is 371 g/mol. The zero-order chi connectivity index (χ0) is 17.7. The van der Waals surface area contributed by atoms with Crippen LogP contribution >= 0.6 is 12.4 Å². The average Bonchev–Trinajstić information content (AvgIpc) is 3.07. The fourth-order valence-corrected chi connectivity index (χ4v) is 2.52. The lowest BCUT2D eigenvalue weighted by atomic mass is 9.81. The SMILES string of the molecule is CCC(CC)(CN)C(=O)NC(C)c1nc(-c2cccc(F)c2)no1.Cl. The number of nitrogens with one attached hydrogen (secondary N) is 1. The highest BCUT2D eigenvalue weighted by Gasteiger charge is 2.34. The van der Waals surface area contributed by atoms with Crippen molar-refractivity contribution in [2.75, 3.05) is 6.54 Å². The third-order valence-corrected chi connectivity index (χ3v) is 4.47. The van der Waals surface area contributed by atoms with Crippen molar-refractivity contribution in [3.8, 4) is 11.4 Å². The van der Waals surface area contributed by atoms with Crippen LogP contribution in [-0.2, 0) is 4.79 Å². The van der Waals surface area contributed by atoms with Crippen molar-refractivity contribution in [3.63, 3.8) is 0 Å². The molecule has 3 N–H and O–H groups in total. The van der Waals surface area contributed by atoms with E-state index in [1.54, 1.807) is 19.1 Å². The first-order chi connectivity index (χ1) is 11.5. The standard InChI is InChI=1S/C17H23FN4O2.ClH/c1-4-17(5-2,10-19)16(23)20-11(3)15-21-14(22-24-15)12-7-6-8-13(18)9-12;/h6-9,11H,4-5,10,19H2,1-3H3,(H,20,23);1H. The van der Waals surface area contributed by atoms with E-state index >= 15 is 0 Å². The Morgan fingerprint density at radius 3 is 2.64 bits per heavy atom. The lowest BCUT2D eigenvalue weighted by Crippen LogP contribution is -2.46. The summed E-state index contributed by atoms with van der Waals surface area (Å²) in [6.07, 6.45) is 1.30. The van der Waals surface area contributed by atoms with Gasteiger partial charge in [0.15, 0.2) is 0 Å². The largest absolute Gasteiger partial charge is 0.344 e. The van der Waals surface area contributed by atoms with Crippen LogP contribution in [0.25, 0.3) is 11.4 Å². The van der Waals surface area contributed by atoms with Crippen molar-refractivity contribution in [1.29, 1.82) is 0 Å². The molecule has 0 aliphatic rings. The Balaban J connectivity index is 0.00000312. The molecule has 0 bridgehead atoms. The molecule has 2 rings (SSSR count). The summed E-state index contributed by atoms with van der Waals surface area (Å²) in [5.41, 5.74) is 5.71. The second-order valence-electron chi connectivity index (χ2n) is 5.85. The highest BCUT2D eigenvalue weighted by atomic mass is 35.5. The van der Waals surface area contributed by atoms with Crippen LogP contribution in [0.2, 0.25) is 0 Å². The maximum Gasteiger partial charge on any atom is 0.249 e. The highest BCUT2D eigenvalue weighted by molar-refractivity contribution is 5.85. The lowest BCUT2D eigenvalue weighted by Gasteiger charge is -2.29. The smallest absolute Gasteiger partial charge is 0.249 e. The van der Waals surface area contributed by atoms with E-state index in [0.717, 1.165) is 0 Å². The number of hydrogen-bond acceptors (Lipinski definition) is 5. The Kier molecular flexibility index (Phi) is 7.51. The number of hydrogen-bond donors (Lipinski definition) is 2. The number of halogens is 2. The summed E-state index contributed by atoms with van der Waals surface area (Å²) in [5.74, 6) is 0.0363. The Hall–Kier alpha value is -1.99. The van der Waals surface area contributed by atoms with E-state index in [0.29, 0.717) is 18.4 Å². The number of aromatic nitrogens is 2. The summed E-state index contributed by atoms with van der Waals surface area (Å²) < 4.78 is 18.5. The predicted octanol–water partition coefficient (Wildman–Crippen LogP) is 3.24. The first-order valence-electron chi connectivity index (χ1n) is 8.06. The third kappa shape index (κ3) is 4.55. The molecule has 0 saturated carbocycles. The Bertz CT molecular complexity index is 695. The second kappa shape index (κ2) is 8.92. The van der Waals surface area contributed by atoms with Gasteiger partial charge in [0.2, 0.25) is 17.6 Å². The van der Waals surface area contributed by atoms with E-state index in [2.05, 4.69) is 15.5 Å². The molecule has 8 heteroatoms. The minimum atomic E-state index is -0.598. The van der Waals surface area contributed by atoms with Crippen molar-refractivity contribution in [3.05, 3.63) is 36.0 Å². The molecule has 0 radical (unpaired) electrons. The summed E-state index contributed by atoms with van der Waals surface area (Å²) >= 11 is 0. The van der Waals surface area contributed by atoms with Gasteiger partial charge in [-0.05, 0) is 31.9 Å². The van der Waals surface area contributed by atoms with Gasteiger partial charge in [-0.3, -0.25) is 4.79 Å². The number of amides is 1. The van der Waals surface area contributed by atoms with Gasteiger partial charge in [0.1, 0.15) is 11.9 Å². The molecule has 6 nitrogen and oxygen atoms in total. The summed E-state index contributed by atoms with van der Waals surface area (Å²) in [7, 11) is 0. The Morgan fingerprint density at radius 1 is 1.40 bits per heavy atom. The molecule has 1 amide bonds. The predicted molar refractivity (Wildman–Crippen MR) is 95.6 cm³/mol. The van der Waals surface area contributed by atoms with Crippen LogP contribution in [0, 0.1) is 11.2 Å². The lowest BCUT2D eigenvalue weighted by molar-refractivity contribution is -0.131. The van der Waals surface area contributed by atoms with Crippen LogP contribution in [0.3, 0.4) is 0 Å². The van der Waals surface area contributed by atoms with Gasteiger partial charge in [-0.1, -0.05) is 31.1 Å². The minimum Gasteiger partial charge on any atom is -0.344 e. The van der Waals surface area contributed by atoms with Crippen LogP contribution < -0.4 is 11.1 Å². The monoisotopic (exact) mass is 370 g/mol. The molecule has 0 aliphatic heterocycles. The molecule has 0 fully saturated rings. The van der Waals surface area contributed by atoms with Crippen molar-refractivity contribution in [2.45, 2.75) is 39.7 Å². The van der Waals surface area contributed by atoms with Crippen molar-refractivity contribution >= 4 is 18.3 Å². The topological polar surface area (TPSA) is 94.0 Å². The van der Waals surface area contributed by atoms with Crippen LogP contribution in [-0.4, -0.2) is 22.6 Å². The number of rotatable bonds is 7. The second-order valence-corrected chi connectivity index (χ2v) is 5.85. The van der Waals surface area contributed by atoms with Gasteiger partial charge < -0.3 is 15.6 Å². The van der Waals surface area contributed by atoms with Crippen molar-refractivity contribution in [1.82, 2.24) is 15.5 Å². The summed E-state index contributed by atoms with van der Waals surface area (Å²) in [6.45, 7) is 5.91. The molecule has 0 saturated heterocycles. The molecule has 1 atom stereocenters. The molecule has 1 heterocycles. The van der Waals surface area contributed by atoms with Gasteiger partial charge in [0.05, 0.1) is 5.41 Å². The van der Waals surface area contributed by atoms with E-state index in [4.69, 9.17) is 10.3 Å².